The Morgan fingerprint density at radius 3 is 2.32 bits per heavy atom. The monoisotopic (exact) mass is 358 g/mol. The molecule has 1 aliphatic heterocycles. The fourth-order valence-corrected chi connectivity index (χ4v) is 3.98. The first-order valence-corrected chi connectivity index (χ1v) is 9.48. The molecule has 5 heteroatoms. The van der Waals surface area contributed by atoms with Crippen LogP contribution in [0.4, 0.5) is 10.1 Å². The van der Waals surface area contributed by atoms with E-state index >= 15 is 0 Å². The molecule has 0 bridgehead atoms. The second-order valence-corrected chi connectivity index (χ2v) is 8.01. The standard InChI is InChI=1S/C20H23FN2OS/c1-15(2)25-19-10-6-3-7-16(19)20(24)23-13-11-22(12-14-23)18-9-5-4-8-17(18)21/h3-10,15H,11-14H2,1-2H3. The third-order valence-corrected chi connectivity index (χ3v) is 5.32. The van der Waals surface area contributed by atoms with E-state index in [-0.39, 0.29) is 11.7 Å². The summed E-state index contributed by atoms with van der Waals surface area (Å²) in [5.41, 5.74) is 1.38. The lowest BCUT2D eigenvalue weighted by Gasteiger charge is -2.36. The Balaban J connectivity index is 1.69. The maximum absolute atomic E-state index is 13.9. The molecule has 3 rings (SSSR count). The molecule has 1 heterocycles. The Labute approximate surface area is 152 Å². The zero-order valence-corrected chi connectivity index (χ0v) is 15.4. The van der Waals surface area contributed by atoms with E-state index in [4.69, 9.17) is 0 Å². The van der Waals surface area contributed by atoms with Gasteiger partial charge in [0.1, 0.15) is 5.82 Å². The lowest BCUT2D eigenvalue weighted by Crippen LogP contribution is -2.49. The van der Waals surface area contributed by atoms with Gasteiger partial charge in [-0.3, -0.25) is 4.79 Å². The van der Waals surface area contributed by atoms with Gasteiger partial charge in [-0.15, -0.1) is 11.8 Å². The van der Waals surface area contributed by atoms with E-state index < -0.39 is 0 Å². The molecule has 1 fully saturated rings. The summed E-state index contributed by atoms with van der Waals surface area (Å²) in [5, 5.41) is 0.423. The first-order chi connectivity index (χ1) is 12.1. The van der Waals surface area contributed by atoms with E-state index in [1.807, 2.05) is 40.1 Å². The van der Waals surface area contributed by atoms with Crippen molar-refractivity contribution in [2.75, 3.05) is 31.1 Å². The number of nitrogens with zero attached hydrogens (tertiary/aromatic N) is 2. The van der Waals surface area contributed by atoms with Crippen LogP contribution in [-0.4, -0.2) is 42.2 Å². The topological polar surface area (TPSA) is 23.6 Å². The zero-order valence-electron chi connectivity index (χ0n) is 14.6. The molecule has 0 saturated carbocycles. The van der Waals surface area contributed by atoms with Crippen LogP contribution in [0.15, 0.2) is 53.4 Å². The summed E-state index contributed by atoms with van der Waals surface area (Å²) >= 11 is 1.71. The highest BCUT2D eigenvalue weighted by Gasteiger charge is 2.25. The van der Waals surface area contributed by atoms with Crippen molar-refractivity contribution in [2.24, 2.45) is 0 Å². The van der Waals surface area contributed by atoms with E-state index in [1.54, 1.807) is 23.9 Å². The first kappa shape index (κ1) is 17.8. The number of thioether (sulfide) groups is 1. The van der Waals surface area contributed by atoms with Gasteiger partial charge in [-0.1, -0.05) is 38.1 Å². The second kappa shape index (κ2) is 7.91. The number of piperazine rings is 1. The van der Waals surface area contributed by atoms with Crippen molar-refractivity contribution < 1.29 is 9.18 Å². The van der Waals surface area contributed by atoms with Gasteiger partial charge < -0.3 is 9.80 Å². The van der Waals surface area contributed by atoms with Crippen molar-refractivity contribution in [1.82, 2.24) is 4.90 Å². The molecule has 1 amide bonds. The molecule has 0 aromatic heterocycles. The molecule has 2 aromatic carbocycles. The Bertz CT molecular complexity index is 742. The number of carbonyl (C=O) groups excluding carboxylic acids is 1. The number of amides is 1. The average molecular weight is 358 g/mol. The summed E-state index contributed by atoms with van der Waals surface area (Å²) < 4.78 is 13.9. The minimum Gasteiger partial charge on any atom is -0.366 e. The Morgan fingerprint density at radius 1 is 1.00 bits per heavy atom. The molecule has 0 atom stereocenters. The van der Waals surface area contributed by atoms with Crippen LogP contribution in [0.2, 0.25) is 0 Å². The Morgan fingerprint density at radius 2 is 1.64 bits per heavy atom. The van der Waals surface area contributed by atoms with Gasteiger partial charge in [-0.25, -0.2) is 4.39 Å². The third kappa shape index (κ3) is 4.15. The Kier molecular flexibility index (Phi) is 5.63. The van der Waals surface area contributed by atoms with Crippen molar-refractivity contribution in [3.05, 3.63) is 59.9 Å². The second-order valence-electron chi connectivity index (χ2n) is 6.39. The third-order valence-electron chi connectivity index (χ3n) is 4.24. The largest absolute Gasteiger partial charge is 0.366 e. The van der Waals surface area contributed by atoms with Crippen LogP contribution < -0.4 is 4.90 Å². The first-order valence-electron chi connectivity index (χ1n) is 8.60. The normalized spacial score (nSPS) is 14.9. The smallest absolute Gasteiger partial charge is 0.255 e. The molecule has 1 aliphatic rings. The van der Waals surface area contributed by atoms with Gasteiger partial charge in [-0.05, 0) is 24.3 Å². The summed E-state index contributed by atoms with van der Waals surface area (Å²) in [6, 6.07) is 14.6. The number of carbonyl (C=O) groups is 1. The van der Waals surface area contributed by atoms with Crippen LogP contribution in [0.25, 0.3) is 0 Å². The zero-order chi connectivity index (χ0) is 17.8. The van der Waals surface area contributed by atoms with Crippen molar-refractivity contribution in [3.63, 3.8) is 0 Å². The highest BCUT2D eigenvalue weighted by Crippen LogP contribution is 2.28. The molecule has 0 spiro atoms. The van der Waals surface area contributed by atoms with Crippen LogP contribution in [-0.2, 0) is 0 Å². The fraction of sp³-hybridized carbons (Fsp3) is 0.350. The highest BCUT2D eigenvalue weighted by atomic mass is 32.2. The van der Waals surface area contributed by atoms with Gasteiger partial charge >= 0.3 is 0 Å². The van der Waals surface area contributed by atoms with Gasteiger partial charge in [0.05, 0.1) is 11.3 Å². The van der Waals surface area contributed by atoms with Crippen molar-refractivity contribution in [3.8, 4) is 0 Å². The number of anilines is 1. The van der Waals surface area contributed by atoms with Crippen LogP contribution >= 0.6 is 11.8 Å². The van der Waals surface area contributed by atoms with Crippen LogP contribution in [0.1, 0.15) is 24.2 Å². The van der Waals surface area contributed by atoms with Gasteiger partial charge in [0.25, 0.3) is 5.91 Å². The molecule has 2 aromatic rings. The van der Waals surface area contributed by atoms with Crippen molar-refractivity contribution in [2.45, 2.75) is 24.0 Å². The molecule has 0 radical (unpaired) electrons. The molecular weight excluding hydrogens is 335 g/mol. The molecule has 0 aliphatic carbocycles. The predicted molar refractivity (Wildman–Crippen MR) is 102 cm³/mol. The fourth-order valence-electron chi connectivity index (χ4n) is 3.03. The molecule has 132 valence electrons. The van der Waals surface area contributed by atoms with Crippen molar-refractivity contribution in [1.29, 1.82) is 0 Å². The molecule has 0 unspecified atom stereocenters. The number of benzene rings is 2. The highest BCUT2D eigenvalue weighted by molar-refractivity contribution is 8.00. The van der Waals surface area contributed by atoms with E-state index in [0.717, 1.165) is 10.5 Å². The lowest BCUT2D eigenvalue weighted by atomic mass is 10.1. The predicted octanol–water partition coefficient (Wildman–Crippen LogP) is 4.29. The van der Waals surface area contributed by atoms with Gasteiger partial charge in [0.2, 0.25) is 0 Å². The van der Waals surface area contributed by atoms with Crippen LogP contribution in [0, 0.1) is 5.82 Å². The van der Waals surface area contributed by atoms with E-state index in [9.17, 15) is 9.18 Å². The molecule has 25 heavy (non-hydrogen) atoms. The van der Waals surface area contributed by atoms with E-state index in [0.29, 0.717) is 37.1 Å². The SMILES string of the molecule is CC(C)Sc1ccccc1C(=O)N1CCN(c2ccccc2F)CC1. The van der Waals surface area contributed by atoms with Crippen LogP contribution in [0.5, 0.6) is 0 Å². The van der Waals surface area contributed by atoms with Crippen molar-refractivity contribution >= 4 is 23.4 Å². The number of halogens is 1. The van der Waals surface area contributed by atoms with Crippen LogP contribution in [0.3, 0.4) is 0 Å². The minimum atomic E-state index is -0.207. The molecule has 3 nitrogen and oxygen atoms in total. The number of hydrogen-bond acceptors (Lipinski definition) is 3. The summed E-state index contributed by atoms with van der Waals surface area (Å²) in [6.45, 7) is 6.75. The Hall–Kier alpha value is -2.01. The summed E-state index contributed by atoms with van der Waals surface area (Å²) in [7, 11) is 0. The summed E-state index contributed by atoms with van der Waals surface area (Å²) in [4.78, 5) is 17.8. The summed E-state index contributed by atoms with van der Waals surface area (Å²) in [5.74, 6) is -0.141. The number of hydrogen-bond donors (Lipinski definition) is 0. The quantitative estimate of drug-likeness (QED) is 0.762. The molecular formula is C20H23FN2OS. The van der Waals surface area contributed by atoms with Gasteiger partial charge in [0.15, 0.2) is 0 Å². The lowest BCUT2D eigenvalue weighted by molar-refractivity contribution is 0.0743. The average Bonchev–Trinajstić information content (AvgIpc) is 2.62. The molecule has 0 N–H and O–H groups in total. The van der Waals surface area contributed by atoms with Gasteiger partial charge in [0, 0.05) is 36.3 Å². The summed E-state index contributed by atoms with van der Waals surface area (Å²) in [6.07, 6.45) is 0. The van der Waals surface area contributed by atoms with Gasteiger partial charge in [-0.2, -0.15) is 0 Å². The van der Waals surface area contributed by atoms with E-state index in [2.05, 4.69) is 13.8 Å². The van der Waals surface area contributed by atoms with E-state index in [1.165, 1.54) is 6.07 Å². The number of rotatable bonds is 4. The maximum atomic E-state index is 13.9. The minimum absolute atomic E-state index is 0.0666. The number of para-hydroxylation sites is 1. The molecule has 1 saturated heterocycles. The maximum Gasteiger partial charge on any atom is 0.255 e.